The average Bonchev–Trinajstić information content (AvgIpc) is 3.14. The molecule has 7 atom stereocenters. The van der Waals surface area contributed by atoms with E-state index in [2.05, 4.69) is 61.2 Å². The van der Waals surface area contributed by atoms with Gasteiger partial charge in [-0.05, 0) is 66.4 Å². The molecule has 0 aliphatic carbocycles. The minimum absolute atomic E-state index is 0.0582. The van der Waals surface area contributed by atoms with Crippen molar-refractivity contribution in [2.24, 2.45) is 0 Å². The number of benzene rings is 1. The van der Waals surface area contributed by atoms with E-state index in [0.29, 0.717) is 22.5 Å². The van der Waals surface area contributed by atoms with E-state index in [1.807, 2.05) is 39.1 Å². The second-order valence-electron chi connectivity index (χ2n) is 19.1. The molecule has 3 N–H and O–H groups in total. The molecule has 3 rings (SSSR count). The molecular formula is C43H68FN3O12SSi2. The van der Waals surface area contributed by atoms with Crippen LogP contribution in [0.4, 0.5) is 10.3 Å². The number of ether oxygens (including phenoxy) is 3. The maximum atomic E-state index is 14.2. The minimum Gasteiger partial charge on any atom is -0.459 e. The Morgan fingerprint density at radius 2 is 1.52 bits per heavy atom. The summed E-state index contributed by atoms with van der Waals surface area (Å²) in [4.78, 5) is 35.9. The molecule has 1 fully saturated rings. The molecule has 0 radical (unpaired) electrons. The van der Waals surface area contributed by atoms with Crippen LogP contribution in [0.1, 0.15) is 85.4 Å². The molecule has 5 unspecified atom stereocenters. The van der Waals surface area contributed by atoms with E-state index >= 15 is 0 Å². The van der Waals surface area contributed by atoms with Crippen LogP contribution in [0.2, 0.25) is 36.3 Å². The highest BCUT2D eigenvalue weighted by molar-refractivity contribution is 7.92. The summed E-state index contributed by atoms with van der Waals surface area (Å²) in [6.45, 7) is 27.8. The van der Waals surface area contributed by atoms with Crippen molar-refractivity contribution >= 4 is 50.6 Å². The van der Waals surface area contributed by atoms with Crippen molar-refractivity contribution in [2.75, 3.05) is 24.2 Å². The first-order chi connectivity index (χ1) is 28.3. The van der Waals surface area contributed by atoms with Gasteiger partial charge in [-0.3, -0.25) is 4.79 Å². The van der Waals surface area contributed by atoms with Crippen molar-refractivity contribution in [1.29, 1.82) is 0 Å². The molecule has 1 aliphatic heterocycles. The van der Waals surface area contributed by atoms with E-state index in [1.165, 1.54) is 25.3 Å². The smallest absolute Gasteiger partial charge is 0.338 e. The summed E-state index contributed by atoms with van der Waals surface area (Å²) < 4.78 is 70.5. The fourth-order valence-corrected chi connectivity index (χ4v) is 8.90. The molecule has 19 heteroatoms. The van der Waals surface area contributed by atoms with E-state index in [-0.39, 0.29) is 41.4 Å². The fourth-order valence-electron chi connectivity index (χ4n) is 5.87. The van der Waals surface area contributed by atoms with Crippen LogP contribution in [0, 0.1) is 5.82 Å². The van der Waals surface area contributed by atoms with Crippen LogP contribution in [-0.2, 0) is 42.7 Å². The first-order valence-corrected chi connectivity index (χ1v) is 28.3. The molecular weight excluding hydrogens is 858 g/mol. The number of carbonyl (C=O) groups excluding carboxylic acids is 2. The Hall–Kier alpha value is -3.41. The van der Waals surface area contributed by atoms with Crippen LogP contribution in [0.5, 0.6) is 0 Å². The summed E-state index contributed by atoms with van der Waals surface area (Å²) in [5, 5.41) is 31.3. The number of aliphatic hydroxyl groups is 3. The van der Waals surface area contributed by atoms with Crippen LogP contribution >= 0.6 is 0 Å². The SMILES string of the molecule is C=CCOC(=O)C1OC(OC(=O)C[C@H](C[C@H](/C=C/c2c(-c3ccc(F)cc3)nc(N(C)S(C)(=O)=O)nc2C(C)C)O[Si](C)(C)C(C)(C)C)O[Si](C)(C)C(C)(C)C)C(O)C(O)C1O. The van der Waals surface area contributed by atoms with Gasteiger partial charge in [0.15, 0.2) is 22.7 Å². The number of rotatable bonds is 18. The van der Waals surface area contributed by atoms with Crippen molar-refractivity contribution in [2.45, 2.75) is 153 Å². The number of hydrogen-bond donors (Lipinski definition) is 3. The second-order valence-corrected chi connectivity index (χ2v) is 30.6. The third-order valence-corrected chi connectivity index (χ3v) is 21.9. The van der Waals surface area contributed by atoms with Gasteiger partial charge in [0.1, 0.15) is 30.7 Å². The highest BCUT2D eigenvalue weighted by Crippen LogP contribution is 2.41. The lowest BCUT2D eigenvalue weighted by Crippen LogP contribution is -2.61. The normalized spacial score (nSPS) is 21.4. The molecule has 2 heterocycles. The van der Waals surface area contributed by atoms with E-state index in [1.54, 1.807) is 12.1 Å². The van der Waals surface area contributed by atoms with Gasteiger partial charge in [0.05, 0.1) is 36.3 Å². The van der Waals surface area contributed by atoms with Crippen molar-refractivity contribution < 1.29 is 60.8 Å². The predicted octanol–water partition coefficient (Wildman–Crippen LogP) is 6.46. The molecule has 1 aromatic heterocycles. The van der Waals surface area contributed by atoms with Gasteiger partial charge in [-0.1, -0.05) is 80.2 Å². The number of anilines is 1. The van der Waals surface area contributed by atoms with E-state index in [9.17, 15) is 37.7 Å². The topological polar surface area (TPSA) is 204 Å². The number of nitrogens with zero attached hydrogens (tertiary/aromatic N) is 3. The van der Waals surface area contributed by atoms with E-state index < -0.39 is 87.3 Å². The Morgan fingerprint density at radius 1 is 0.952 bits per heavy atom. The molecule has 0 spiro atoms. The van der Waals surface area contributed by atoms with E-state index in [0.717, 1.165) is 10.6 Å². The lowest BCUT2D eigenvalue weighted by molar-refractivity contribution is -0.287. The largest absolute Gasteiger partial charge is 0.459 e. The molecule has 0 bridgehead atoms. The maximum Gasteiger partial charge on any atom is 0.338 e. The molecule has 348 valence electrons. The van der Waals surface area contributed by atoms with Gasteiger partial charge in [-0.25, -0.2) is 31.9 Å². The zero-order valence-electron chi connectivity index (χ0n) is 38.6. The summed E-state index contributed by atoms with van der Waals surface area (Å²) in [5.41, 5.74) is 1.95. The first kappa shape index (κ1) is 52.9. The van der Waals surface area contributed by atoms with Gasteiger partial charge in [0.25, 0.3) is 0 Å². The van der Waals surface area contributed by atoms with Gasteiger partial charge in [0, 0.05) is 24.6 Å². The molecule has 2 aromatic rings. The third kappa shape index (κ3) is 13.6. The van der Waals surface area contributed by atoms with E-state index in [4.69, 9.17) is 33.0 Å². The standard InChI is InChI=1S/C43H68FN3O12SSi2/c1-16-23-55-39(52)38-36(50)35(49)37(51)40(57-38)56-32(48)25-30(59-62(14,15)43(7,8)9)24-29(58-61(12,13)42(4,5)6)21-22-31-33(26(2)3)45-41(47(10)60(11,53)54)46-34(31)27-17-19-28(44)20-18-27/h16-22,26,29-30,35-38,40,49-51H,1,23-25H2,2-15H3/b22-21+/t29-,30-,35?,36?,37?,38?,40?/m0/s1. The van der Waals surface area contributed by atoms with Gasteiger partial charge in [0.2, 0.25) is 22.3 Å². The molecule has 0 saturated carbocycles. The second kappa shape index (κ2) is 20.6. The van der Waals surface area contributed by atoms with Crippen LogP contribution in [0.25, 0.3) is 17.3 Å². The fraction of sp³-hybridized carbons (Fsp3) is 0.628. The Kier molecular flexibility index (Phi) is 17.6. The summed E-state index contributed by atoms with van der Waals surface area (Å²) in [7, 11) is -7.59. The van der Waals surface area contributed by atoms with Gasteiger partial charge < -0.3 is 38.4 Å². The Morgan fingerprint density at radius 3 is 2.03 bits per heavy atom. The third-order valence-electron chi connectivity index (χ3n) is 11.7. The molecule has 62 heavy (non-hydrogen) atoms. The van der Waals surface area contributed by atoms with Crippen LogP contribution in [-0.4, -0.2) is 125 Å². The summed E-state index contributed by atoms with van der Waals surface area (Å²) >= 11 is 0. The monoisotopic (exact) mass is 925 g/mol. The Labute approximate surface area is 369 Å². The number of sulfonamides is 1. The lowest BCUT2D eigenvalue weighted by atomic mass is 9.97. The number of hydrogen-bond acceptors (Lipinski definition) is 14. The van der Waals surface area contributed by atoms with Crippen molar-refractivity contribution in [3.8, 4) is 11.3 Å². The quantitative estimate of drug-likeness (QED) is 0.0835. The summed E-state index contributed by atoms with van der Waals surface area (Å²) in [6, 6.07) is 5.70. The first-order valence-electron chi connectivity index (χ1n) is 20.6. The Balaban J connectivity index is 2.18. The van der Waals surface area contributed by atoms with Gasteiger partial charge >= 0.3 is 11.9 Å². The molecule has 0 amide bonds. The zero-order valence-corrected chi connectivity index (χ0v) is 41.4. The molecule has 1 saturated heterocycles. The average molecular weight is 926 g/mol. The highest BCUT2D eigenvalue weighted by Gasteiger charge is 2.50. The van der Waals surface area contributed by atoms with Gasteiger partial charge in [-0.2, -0.15) is 0 Å². The van der Waals surface area contributed by atoms with Gasteiger partial charge in [-0.15, -0.1) is 0 Å². The van der Waals surface area contributed by atoms with Crippen LogP contribution in [0.3, 0.4) is 0 Å². The van der Waals surface area contributed by atoms with Crippen LogP contribution < -0.4 is 4.31 Å². The van der Waals surface area contributed by atoms with Crippen molar-refractivity contribution in [1.82, 2.24) is 9.97 Å². The molecule has 1 aliphatic rings. The van der Waals surface area contributed by atoms with Crippen molar-refractivity contribution in [3.63, 3.8) is 0 Å². The maximum absolute atomic E-state index is 14.2. The summed E-state index contributed by atoms with van der Waals surface area (Å²) in [6.07, 6.45) is -5.03. The lowest BCUT2D eigenvalue weighted by Gasteiger charge is -2.42. The number of carbonyl (C=O) groups is 2. The summed E-state index contributed by atoms with van der Waals surface area (Å²) in [5.74, 6) is -2.68. The Bertz CT molecular complexity index is 2020. The number of esters is 2. The highest BCUT2D eigenvalue weighted by atomic mass is 32.2. The minimum atomic E-state index is -3.76. The molecule has 1 aromatic carbocycles. The number of halogens is 1. The zero-order chi connectivity index (χ0) is 47.3. The van der Waals surface area contributed by atoms with Crippen molar-refractivity contribution in [3.05, 3.63) is 60.1 Å². The van der Waals surface area contributed by atoms with Crippen LogP contribution in [0.15, 0.2) is 43.0 Å². The molecule has 15 nitrogen and oxygen atoms in total. The number of aliphatic hydroxyl groups excluding tert-OH is 3. The number of aromatic nitrogens is 2. The predicted molar refractivity (Wildman–Crippen MR) is 241 cm³/mol.